The van der Waals surface area contributed by atoms with Crippen molar-refractivity contribution in [2.45, 2.75) is 19.6 Å². The highest BCUT2D eigenvalue weighted by Gasteiger charge is 2.20. The van der Waals surface area contributed by atoms with Crippen molar-refractivity contribution in [3.8, 4) is 11.3 Å². The van der Waals surface area contributed by atoms with Gasteiger partial charge in [0, 0.05) is 17.1 Å². The number of hydrogen-bond donors (Lipinski definition) is 2. The molecule has 0 spiro atoms. The van der Waals surface area contributed by atoms with Gasteiger partial charge in [0.05, 0.1) is 5.69 Å². The van der Waals surface area contributed by atoms with Gasteiger partial charge in [-0.25, -0.2) is 4.79 Å². The maximum absolute atomic E-state index is 12.2. The second-order valence-electron chi connectivity index (χ2n) is 5.89. The van der Waals surface area contributed by atoms with Crippen molar-refractivity contribution >= 4 is 23.5 Å². The van der Waals surface area contributed by atoms with Crippen molar-refractivity contribution < 1.29 is 14.3 Å². The number of amides is 1. The number of H-pyrrole nitrogens is 1. The van der Waals surface area contributed by atoms with Crippen LogP contribution < -0.4 is 5.32 Å². The topological polar surface area (TPSA) is 84.1 Å². The zero-order valence-electron chi connectivity index (χ0n) is 14.6. The van der Waals surface area contributed by atoms with E-state index in [1.165, 1.54) is 6.92 Å². The van der Waals surface area contributed by atoms with Gasteiger partial charge in [0.15, 0.2) is 6.10 Å². The molecule has 7 heteroatoms. The second-order valence-corrected chi connectivity index (χ2v) is 6.30. The van der Waals surface area contributed by atoms with Crippen molar-refractivity contribution in [2.24, 2.45) is 0 Å². The summed E-state index contributed by atoms with van der Waals surface area (Å²) in [6.45, 7) is 1.76. The minimum absolute atomic E-state index is 0.180. The lowest BCUT2D eigenvalue weighted by atomic mass is 10.1. The Kier molecular flexibility index (Phi) is 5.88. The average Bonchev–Trinajstić information content (AvgIpc) is 3.18. The van der Waals surface area contributed by atoms with E-state index >= 15 is 0 Å². The zero-order valence-corrected chi connectivity index (χ0v) is 15.4. The molecule has 0 bridgehead atoms. The molecule has 1 aromatic heterocycles. The van der Waals surface area contributed by atoms with Crippen LogP contribution in [0.4, 0.5) is 0 Å². The van der Waals surface area contributed by atoms with Gasteiger partial charge in [0.25, 0.3) is 5.91 Å². The third kappa shape index (κ3) is 4.74. The normalized spacial score (nSPS) is 11.6. The van der Waals surface area contributed by atoms with Crippen molar-refractivity contribution in [2.75, 3.05) is 0 Å². The smallest absolute Gasteiger partial charge is 0.357 e. The Morgan fingerprint density at radius 3 is 2.59 bits per heavy atom. The lowest BCUT2D eigenvalue weighted by molar-refractivity contribution is -0.129. The van der Waals surface area contributed by atoms with Gasteiger partial charge >= 0.3 is 5.97 Å². The fourth-order valence-electron chi connectivity index (χ4n) is 2.43. The van der Waals surface area contributed by atoms with E-state index in [1.54, 1.807) is 12.1 Å². The van der Waals surface area contributed by atoms with Crippen LogP contribution in [0.25, 0.3) is 11.3 Å². The first-order chi connectivity index (χ1) is 13.0. The van der Waals surface area contributed by atoms with E-state index in [9.17, 15) is 9.59 Å². The van der Waals surface area contributed by atoms with Gasteiger partial charge in [0.2, 0.25) is 0 Å². The van der Waals surface area contributed by atoms with Gasteiger partial charge in [-0.05, 0) is 24.6 Å². The number of esters is 1. The van der Waals surface area contributed by atoms with E-state index in [0.717, 1.165) is 11.1 Å². The molecule has 0 saturated heterocycles. The maximum Gasteiger partial charge on any atom is 0.357 e. The number of benzene rings is 2. The number of ether oxygens (including phenoxy) is 1. The largest absolute Gasteiger partial charge is 0.448 e. The van der Waals surface area contributed by atoms with Crippen LogP contribution in [0.1, 0.15) is 23.0 Å². The molecule has 1 heterocycles. The zero-order chi connectivity index (χ0) is 19.2. The molecular weight excluding hydrogens is 366 g/mol. The van der Waals surface area contributed by atoms with E-state index in [4.69, 9.17) is 16.3 Å². The van der Waals surface area contributed by atoms with E-state index < -0.39 is 18.0 Å². The highest BCUT2D eigenvalue weighted by atomic mass is 35.5. The molecule has 138 valence electrons. The van der Waals surface area contributed by atoms with Gasteiger partial charge in [-0.2, -0.15) is 5.10 Å². The molecule has 2 aromatic carbocycles. The minimum Gasteiger partial charge on any atom is -0.448 e. The van der Waals surface area contributed by atoms with E-state index in [1.807, 2.05) is 48.5 Å². The Bertz CT molecular complexity index is 940. The van der Waals surface area contributed by atoms with Gasteiger partial charge < -0.3 is 10.1 Å². The number of halogens is 1. The third-order valence-corrected chi connectivity index (χ3v) is 4.30. The van der Waals surface area contributed by atoms with E-state index in [2.05, 4.69) is 15.5 Å². The number of nitrogens with zero attached hydrogens (tertiary/aromatic N) is 1. The number of rotatable bonds is 6. The lowest BCUT2D eigenvalue weighted by Gasteiger charge is -2.13. The third-order valence-electron chi connectivity index (χ3n) is 3.93. The molecule has 0 unspecified atom stereocenters. The lowest BCUT2D eigenvalue weighted by Crippen LogP contribution is -2.35. The summed E-state index contributed by atoms with van der Waals surface area (Å²) in [5, 5.41) is 10.0. The van der Waals surface area contributed by atoms with E-state index in [0.29, 0.717) is 10.7 Å². The van der Waals surface area contributed by atoms with Crippen molar-refractivity contribution in [3.63, 3.8) is 0 Å². The molecule has 0 saturated carbocycles. The standard InChI is InChI=1S/C20H18ClN3O3/c1-13(19(25)22-12-15-9-5-6-10-16(15)21)27-20(26)18-11-17(23-24-18)14-7-3-2-4-8-14/h2-11,13H,12H2,1H3,(H,22,25)(H,23,24)/t13-/m0/s1. The van der Waals surface area contributed by atoms with Crippen LogP contribution in [0.5, 0.6) is 0 Å². The summed E-state index contributed by atoms with van der Waals surface area (Å²) in [6.07, 6.45) is -0.955. The number of aromatic nitrogens is 2. The van der Waals surface area contributed by atoms with Gasteiger partial charge in [0.1, 0.15) is 5.69 Å². The first-order valence-corrected chi connectivity index (χ1v) is 8.75. The van der Waals surface area contributed by atoms with Crippen LogP contribution in [0.3, 0.4) is 0 Å². The Hall–Kier alpha value is -3.12. The van der Waals surface area contributed by atoms with Crippen molar-refractivity contribution in [1.82, 2.24) is 15.5 Å². The van der Waals surface area contributed by atoms with Gasteiger partial charge in [-0.1, -0.05) is 60.1 Å². The molecule has 0 aliphatic heterocycles. The predicted molar refractivity (Wildman–Crippen MR) is 102 cm³/mol. The number of carbonyl (C=O) groups excluding carboxylic acids is 2. The maximum atomic E-state index is 12.2. The molecule has 27 heavy (non-hydrogen) atoms. The molecule has 3 aromatic rings. The first-order valence-electron chi connectivity index (χ1n) is 8.37. The number of carbonyl (C=O) groups is 2. The molecule has 0 aliphatic carbocycles. The molecule has 0 aliphatic rings. The van der Waals surface area contributed by atoms with Crippen LogP contribution in [0, 0.1) is 0 Å². The highest BCUT2D eigenvalue weighted by Crippen LogP contribution is 2.18. The Balaban J connectivity index is 1.56. The summed E-state index contributed by atoms with van der Waals surface area (Å²) in [7, 11) is 0. The Morgan fingerprint density at radius 2 is 1.85 bits per heavy atom. The summed E-state index contributed by atoms with van der Waals surface area (Å²) in [6, 6.07) is 18.2. The molecule has 6 nitrogen and oxygen atoms in total. The second kappa shape index (κ2) is 8.51. The molecule has 1 atom stereocenters. The van der Waals surface area contributed by atoms with E-state index in [-0.39, 0.29) is 12.2 Å². The van der Waals surface area contributed by atoms with Crippen LogP contribution in [0.15, 0.2) is 60.7 Å². The minimum atomic E-state index is -0.955. The van der Waals surface area contributed by atoms with Crippen molar-refractivity contribution in [3.05, 3.63) is 76.9 Å². The summed E-state index contributed by atoms with van der Waals surface area (Å²) in [5.41, 5.74) is 2.46. The molecule has 0 radical (unpaired) electrons. The van der Waals surface area contributed by atoms with Crippen LogP contribution in [-0.2, 0) is 16.1 Å². The Labute approximate surface area is 161 Å². The quantitative estimate of drug-likeness (QED) is 0.637. The molecular formula is C20H18ClN3O3. The summed E-state index contributed by atoms with van der Waals surface area (Å²) in [4.78, 5) is 24.4. The fourth-order valence-corrected chi connectivity index (χ4v) is 2.63. The predicted octanol–water partition coefficient (Wildman–Crippen LogP) is 3.59. The summed E-state index contributed by atoms with van der Waals surface area (Å²) in [5.74, 6) is -1.06. The van der Waals surface area contributed by atoms with Crippen LogP contribution in [-0.4, -0.2) is 28.2 Å². The Morgan fingerprint density at radius 1 is 1.15 bits per heavy atom. The number of nitrogens with one attached hydrogen (secondary N) is 2. The molecule has 3 rings (SSSR count). The first kappa shape index (κ1) is 18.7. The van der Waals surface area contributed by atoms with Crippen LogP contribution in [0.2, 0.25) is 5.02 Å². The fraction of sp³-hybridized carbons (Fsp3) is 0.150. The summed E-state index contributed by atoms with van der Waals surface area (Å²) < 4.78 is 5.21. The van der Waals surface area contributed by atoms with Crippen LogP contribution >= 0.6 is 11.6 Å². The number of hydrogen-bond acceptors (Lipinski definition) is 4. The van der Waals surface area contributed by atoms with Crippen molar-refractivity contribution in [1.29, 1.82) is 0 Å². The summed E-state index contributed by atoms with van der Waals surface area (Å²) >= 11 is 6.06. The SMILES string of the molecule is C[C@H](OC(=O)c1cc(-c2ccccc2)n[nH]1)C(=O)NCc1ccccc1Cl. The van der Waals surface area contributed by atoms with Gasteiger partial charge in [-0.3, -0.25) is 9.89 Å². The monoisotopic (exact) mass is 383 g/mol. The van der Waals surface area contributed by atoms with Gasteiger partial charge in [-0.15, -0.1) is 0 Å². The molecule has 2 N–H and O–H groups in total. The molecule has 1 amide bonds. The number of aromatic amines is 1. The molecule has 0 fully saturated rings. The highest BCUT2D eigenvalue weighted by molar-refractivity contribution is 6.31. The average molecular weight is 384 g/mol.